The molecule has 12 rings (SSSR count). The van der Waals surface area contributed by atoms with Gasteiger partial charge in [0.15, 0.2) is 0 Å². The number of fused-ring (bicyclic) bond motifs is 5. The van der Waals surface area contributed by atoms with Crippen LogP contribution in [-0.2, 0) is 25.0 Å². The van der Waals surface area contributed by atoms with Gasteiger partial charge in [0.2, 0.25) is 5.88 Å². The molecule has 70 heavy (non-hydrogen) atoms. The first-order valence-electron chi connectivity index (χ1n) is 25.1. The number of nitrogens with zero attached hydrogens (tertiary/aromatic N) is 5. The van der Waals surface area contributed by atoms with Gasteiger partial charge in [0.05, 0.1) is 45.9 Å². The average Bonchev–Trinajstić information content (AvgIpc) is 3.84. The molecule has 8 heterocycles. The van der Waals surface area contributed by atoms with Crippen LogP contribution in [0.1, 0.15) is 86.6 Å². The molecule has 18 heteroatoms. The van der Waals surface area contributed by atoms with Crippen LogP contribution in [0.3, 0.4) is 0 Å². The SMILES string of the molecule is O=C(NS(=O)(=O)c1ccc(NCC2CCOCC2)c([N+](=O)[O-])c1)c1ccc(N2CCC3(CC2)CC(N2CCCC[C@]24CCOc2ccccc24)C3)cc1N1c2cc3cc[nH]c3nc2O[C@H]2COCC[C@@H]21. The van der Waals surface area contributed by atoms with Crippen molar-refractivity contribution in [2.24, 2.45) is 11.3 Å². The van der Waals surface area contributed by atoms with Crippen LogP contribution in [0.2, 0.25) is 0 Å². The van der Waals surface area contributed by atoms with E-state index in [-0.39, 0.29) is 34.2 Å². The number of likely N-dealkylation sites (tertiary alicyclic amines) is 1. The number of benzene rings is 3. The molecule has 1 aliphatic carbocycles. The Morgan fingerprint density at radius 1 is 0.886 bits per heavy atom. The van der Waals surface area contributed by atoms with Gasteiger partial charge in [-0.15, -0.1) is 0 Å². The molecule has 7 aliphatic rings. The molecule has 0 unspecified atom stereocenters. The van der Waals surface area contributed by atoms with Gasteiger partial charge in [-0.2, -0.15) is 4.98 Å². The van der Waals surface area contributed by atoms with Gasteiger partial charge in [-0.05, 0) is 131 Å². The highest BCUT2D eigenvalue weighted by Crippen LogP contribution is 2.57. The molecule has 5 aromatic rings. The minimum Gasteiger partial charge on any atom is -0.493 e. The Hall–Kier alpha value is -5.95. The van der Waals surface area contributed by atoms with Crippen LogP contribution in [0.25, 0.3) is 11.0 Å². The molecule has 17 nitrogen and oxygen atoms in total. The predicted molar refractivity (Wildman–Crippen MR) is 264 cm³/mol. The van der Waals surface area contributed by atoms with Gasteiger partial charge >= 0.3 is 0 Å². The number of anilines is 4. The summed E-state index contributed by atoms with van der Waals surface area (Å²) in [6, 6.07) is 22.2. The zero-order valence-corrected chi connectivity index (χ0v) is 40.1. The maximum Gasteiger partial charge on any atom is 0.293 e. The molecule has 2 aromatic heterocycles. The van der Waals surface area contributed by atoms with Gasteiger partial charge in [0.1, 0.15) is 28.9 Å². The fourth-order valence-electron chi connectivity index (χ4n) is 12.9. The summed E-state index contributed by atoms with van der Waals surface area (Å²) < 4.78 is 54.6. The van der Waals surface area contributed by atoms with Crippen molar-refractivity contribution in [3.8, 4) is 11.6 Å². The molecule has 3 N–H and O–H groups in total. The minimum absolute atomic E-state index is 0.0401. The van der Waals surface area contributed by atoms with Crippen molar-refractivity contribution in [1.29, 1.82) is 0 Å². The summed E-state index contributed by atoms with van der Waals surface area (Å²) in [5.41, 5.74) is 4.36. The van der Waals surface area contributed by atoms with Crippen molar-refractivity contribution in [3.63, 3.8) is 0 Å². The van der Waals surface area contributed by atoms with E-state index in [2.05, 4.69) is 54.0 Å². The normalized spacial score (nSPS) is 24.7. The molecule has 3 atom stereocenters. The quantitative estimate of drug-likeness (QED) is 0.0900. The third-order valence-corrected chi connectivity index (χ3v) is 18.0. The molecule has 0 radical (unpaired) electrons. The summed E-state index contributed by atoms with van der Waals surface area (Å²) in [6.45, 7) is 6.09. The summed E-state index contributed by atoms with van der Waals surface area (Å²) in [4.78, 5) is 41.4. The highest BCUT2D eigenvalue weighted by Gasteiger charge is 2.54. The molecule has 5 fully saturated rings. The Morgan fingerprint density at radius 2 is 1.71 bits per heavy atom. The highest BCUT2D eigenvalue weighted by atomic mass is 32.2. The van der Waals surface area contributed by atoms with E-state index in [0.717, 1.165) is 81.2 Å². The van der Waals surface area contributed by atoms with Gasteiger partial charge in [-0.3, -0.25) is 19.8 Å². The van der Waals surface area contributed by atoms with Gasteiger partial charge in [0, 0.05) is 80.8 Å². The first kappa shape index (κ1) is 45.2. The summed E-state index contributed by atoms with van der Waals surface area (Å²) >= 11 is 0. The van der Waals surface area contributed by atoms with Crippen LogP contribution in [0.4, 0.5) is 28.4 Å². The lowest BCUT2D eigenvalue weighted by molar-refractivity contribution is -0.384. The summed E-state index contributed by atoms with van der Waals surface area (Å²) in [5, 5.41) is 16.3. The fourth-order valence-corrected chi connectivity index (χ4v) is 13.9. The Bertz CT molecular complexity index is 2930. The Morgan fingerprint density at radius 3 is 2.56 bits per heavy atom. The number of ether oxygens (including phenoxy) is 4. The number of rotatable bonds is 10. The standard InChI is InChI=1S/C52H60N8O9S/c61-49(56-70(64,65)38-8-10-41(44(29-38)60(62)63)54-32-34-12-23-66-24-13-34)39-9-7-36(28-43(39)59-42-14-25-67-33-47(42)69-50-45(59)27-35-11-19-53-48(35)55-50)57-21-16-51(17-22-57)30-37(31-51)58-20-4-3-15-52(58)18-26-68-46-6-2-1-5-40(46)52/h1-2,5-11,19,27-29,34,37,42,47,54H,3-4,12-18,20-26,30-33H2,(H,53,55)(H,56,61)/t42-,47-,52+/m0/s1. The number of sulfonamides is 1. The van der Waals surface area contributed by atoms with Crippen molar-refractivity contribution in [1.82, 2.24) is 19.6 Å². The number of nitro benzene ring substituents is 1. The second-order valence-corrected chi connectivity index (χ2v) is 22.2. The fraction of sp³-hybridized carbons (Fsp3) is 0.500. The van der Waals surface area contributed by atoms with Gasteiger partial charge in [-0.1, -0.05) is 18.2 Å². The molecule has 1 saturated carbocycles. The Labute approximate surface area is 407 Å². The second-order valence-electron chi connectivity index (χ2n) is 20.5. The monoisotopic (exact) mass is 972 g/mol. The third-order valence-electron chi connectivity index (χ3n) is 16.6. The Kier molecular flexibility index (Phi) is 11.6. The number of pyridine rings is 1. The van der Waals surface area contributed by atoms with Crippen molar-refractivity contribution in [2.75, 3.05) is 74.3 Å². The summed E-state index contributed by atoms with van der Waals surface area (Å²) in [5.74, 6) is 0.829. The smallest absolute Gasteiger partial charge is 0.293 e. The number of amides is 1. The van der Waals surface area contributed by atoms with E-state index in [1.807, 2.05) is 30.5 Å². The summed E-state index contributed by atoms with van der Waals surface area (Å²) in [7, 11) is -4.59. The van der Waals surface area contributed by atoms with E-state index in [0.29, 0.717) is 68.3 Å². The van der Waals surface area contributed by atoms with Crippen LogP contribution < -0.4 is 29.3 Å². The van der Waals surface area contributed by atoms with E-state index in [1.54, 1.807) is 6.07 Å². The topological polar surface area (TPSA) is 194 Å². The number of hydrogen-bond acceptors (Lipinski definition) is 14. The average molecular weight is 973 g/mol. The van der Waals surface area contributed by atoms with Crippen molar-refractivity contribution >= 4 is 55.4 Å². The number of carbonyl (C=O) groups is 1. The second kappa shape index (κ2) is 18.0. The lowest BCUT2D eigenvalue weighted by atomic mass is 9.58. The van der Waals surface area contributed by atoms with Crippen LogP contribution in [0.5, 0.6) is 11.6 Å². The molecule has 3 aromatic carbocycles. The number of hydrogen-bond donors (Lipinski definition) is 3. The molecule has 0 bridgehead atoms. The van der Waals surface area contributed by atoms with Crippen LogP contribution in [-0.4, -0.2) is 112 Å². The van der Waals surface area contributed by atoms with Gasteiger partial charge < -0.3 is 39.0 Å². The lowest BCUT2D eigenvalue weighted by Crippen LogP contribution is -2.62. The summed E-state index contributed by atoms with van der Waals surface area (Å²) in [6.07, 6.45) is 12.8. The maximum absolute atomic E-state index is 14.7. The molecule has 368 valence electrons. The highest BCUT2D eigenvalue weighted by molar-refractivity contribution is 7.90. The number of H-pyrrole nitrogens is 1. The maximum atomic E-state index is 14.7. The van der Waals surface area contributed by atoms with E-state index in [9.17, 15) is 23.3 Å². The molecule has 6 aliphatic heterocycles. The van der Waals surface area contributed by atoms with Gasteiger partial charge in [0.25, 0.3) is 21.6 Å². The van der Waals surface area contributed by atoms with Crippen molar-refractivity contribution in [2.45, 2.75) is 99.3 Å². The number of aromatic amines is 1. The first-order chi connectivity index (χ1) is 34.1. The van der Waals surface area contributed by atoms with E-state index >= 15 is 0 Å². The molecule has 1 amide bonds. The van der Waals surface area contributed by atoms with E-state index in [1.165, 1.54) is 49.8 Å². The number of nitro groups is 1. The van der Waals surface area contributed by atoms with E-state index in [4.69, 9.17) is 23.9 Å². The van der Waals surface area contributed by atoms with Crippen LogP contribution in [0.15, 0.2) is 83.9 Å². The van der Waals surface area contributed by atoms with Crippen molar-refractivity contribution < 1.29 is 37.1 Å². The van der Waals surface area contributed by atoms with Gasteiger partial charge in [-0.25, -0.2) is 13.1 Å². The molecular weight excluding hydrogens is 913 g/mol. The minimum atomic E-state index is -4.59. The van der Waals surface area contributed by atoms with Crippen LogP contribution >= 0.6 is 0 Å². The Balaban J connectivity index is 0.831. The first-order valence-corrected chi connectivity index (χ1v) is 26.6. The van der Waals surface area contributed by atoms with Crippen molar-refractivity contribution in [3.05, 3.63) is 100 Å². The number of para-hydroxylation sites is 1. The molecule has 2 spiro atoms. The number of carbonyl (C=O) groups excluding carboxylic acids is 1. The largest absolute Gasteiger partial charge is 0.493 e. The molecule has 4 saturated heterocycles. The zero-order valence-electron chi connectivity index (χ0n) is 39.3. The number of aromatic nitrogens is 2. The number of piperidine rings is 2. The zero-order chi connectivity index (χ0) is 47.6. The third kappa shape index (κ3) is 8.09. The lowest BCUT2D eigenvalue weighted by Gasteiger charge is -2.61. The number of nitrogens with one attached hydrogen (secondary N) is 3. The molecular formula is C52H60N8O9S. The van der Waals surface area contributed by atoms with Crippen LogP contribution in [0, 0.1) is 21.4 Å². The van der Waals surface area contributed by atoms with E-state index < -0.39 is 37.5 Å². The predicted octanol–water partition coefficient (Wildman–Crippen LogP) is 8.03.